The summed E-state index contributed by atoms with van der Waals surface area (Å²) >= 11 is 6.07. The third-order valence-corrected chi connectivity index (χ3v) is 3.76. The molecule has 2 rings (SSSR count). The minimum atomic E-state index is 0.396. The van der Waals surface area contributed by atoms with Gasteiger partial charge in [0.2, 0.25) is 0 Å². The fraction of sp³-hybridized carbons (Fsp3) is 0.692. The molecule has 1 atom stereocenters. The molecule has 0 saturated carbocycles. The van der Waals surface area contributed by atoms with Crippen molar-refractivity contribution in [3.63, 3.8) is 0 Å². The Morgan fingerprint density at radius 1 is 1.50 bits per heavy atom. The van der Waals surface area contributed by atoms with Gasteiger partial charge in [-0.1, -0.05) is 11.6 Å². The lowest BCUT2D eigenvalue weighted by atomic mass is 10.1. The lowest BCUT2D eigenvalue weighted by Gasteiger charge is -2.27. The summed E-state index contributed by atoms with van der Waals surface area (Å²) in [5.41, 5.74) is 0.943. The molecule has 1 unspecified atom stereocenters. The van der Waals surface area contributed by atoms with Crippen LogP contribution in [-0.4, -0.2) is 40.8 Å². The Hall–Kier alpha value is -0.870. The fourth-order valence-electron chi connectivity index (χ4n) is 2.63. The highest BCUT2D eigenvalue weighted by Gasteiger charge is 2.27. The summed E-state index contributed by atoms with van der Waals surface area (Å²) in [7, 11) is 1.55. The van der Waals surface area contributed by atoms with E-state index in [0.717, 1.165) is 12.1 Å². The van der Waals surface area contributed by atoms with Gasteiger partial charge in [0, 0.05) is 18.5 Å². The van der Waals surface area contributed by atoms with Crippen LogP contribution < -0.4 is 4.74 Å². The molecule has 18 heavy (non-hydrogen) atoms. The molecule has 5 heteroatoms. The maximum Gasteiger partial charge on any atom is 0.252 e. The zero-order chi connectivity index (χ0) is 13.1. The third kappa shape index (κ3) is 2.93. The normalized spacial score (nSPS) is 20.6. The second-order valence-electron chi connectivity index (χ2n) is 5.02. The van der Waals surface area contributed by atoms with Gasteiger partial charge in [-0.2, -0.15) is 5.10 Å². The number of hydrogen-bond donors (Lipinski definition) is 0. The monoisotopic (exact) mass is 269 g/mol. The lowest BCUT2D eigenvalue weighted by Crippen LogP contribution is -2.36. The summed E-state index contributed by atoms with van der Waals surface area (Å²) in [5, 5.41) is 8.71. The van der Waals surface area contributed by atoms with Gasteiger partial charge in [-0.05, 0) is 39.3 Å². The van der Waals surface area contributed by atoms with Gasteiger partial charge < -0.3 is 4.74 Å². The van der Waals surface area contributed by atoms with Gasteiger partial charge in [-0.3, -0.25) is 4.90 Å². The van der Waals surface area contributed by atoms with E-state index in [1.54, 1.807) is 7.11 Å². The van der Waals surface area contributed by atoms with Crippen molar-refractivity contribution in [2.24, 2.45) is 0 Å². The molecule has 0 bridgehead atoms. The van der Waals surface area contributed by atoms with Crippen molar-refractivity contribution in [1.29, 1.82) is 0 Å². The van der Waals surface area contributed by atoms with Gasteiger partial charge in [-0.15, -0.1) is 5.10 Å². The molecule has 0 spiro atoms. The van der Waals surface area contributed by atoms with Crippen LogP contribution in [0.4, 0.5) is 0 Å². The Bertz CT molecular complexity index is 411. The van der Waals surface area contributed by atoms with E-state index in [1.165, 1.54) is 19.4 Å². The molecule has 1 aliphatic heterocycles. The van der Waals surface area contributed by atoms with Crippen LogP contribution in [0.25, 0.3) is 0 Å². The van der Waals surface area contributed by atoms with E-state index in [0.29, 0.717) is 23.0 Å². The minimum Gasteiger partial charge on any atom is -0.479 e. The summed E-state index contributed by atoms with van der Waals surface area (Å²) in [4.78, 5) is 2.53. The van der Waals surface area contributed by atoms with Gasteiger partial charge in [0.05, 0.1) is 12.8 Å². The summed E-state index contributed by atoms with van der Waals surface area (Å²) < 4.78 is 5.01. The number of hydrogen-bond acceptors (Lipinski definition) is 4. The van der Waals surface area contributed by atoms with Crippen LogP contribution in [0.3, 0.4) is 0 Å². The molecule has 1 fully saturated rings. The first-order valence-electron chi connectivity index (χ1n) is 6.43. The van der Waals surface area contributed by atoms with Crippen molar-refractivity contribution >= 4 is 11.6 Å². The minimum absolute atomic E-state index is 0.396. The number of aromatic nitrogens is 2. The maximum absolute atomic E-state index is 6.07. The maximum atomic E-state index is 6.07. The van der Waals surface area contributed by atoms with E-state index < -0.39 is 0 Å². The van der Waals surface area contributed by atoms with Gasteiger partial charge in [0.25, 0.3) is 5.88 Å². The van der Waals surface area contributed by atoms with Crippen LogP contribution in [-0.2, 0) is 6.42 Å². The summed E-state index contributed by atoms with van der Waals surface area (Å²) in [6.45, 7) is 5.66. The zero-order valence-electron chi connectivity index (χ0n) is 11.2. The molecule has 0 radical (unpaired) electrons. The third-order valence-electron chi connectivity index (χ3n) is 3.49. The fourth-order valence-corrected chi connectivity index (χ4v) is 2.87. The van der Waals surface area contributed by atoms with Crippen LogP contribution >= 0.6 is 11.6 Å². The quantitative estimate of drug-likeness (QED) is 0.842. The molecular formula is C13H20ClN3O. The highest BCUT2D eigenvalue weighted by molar-refractivity contribution is 6.31. The first kappa shape index (κ1) is 13.6. The second kappa shape index (κ2) is 5.85. The predicted molar refractivity (Wildman–Crippen MR) is 72.2 cm³/mol. The van der Waals surface area contributed by atoms with Gasteiger partial charge in [0.15, 0.2) is 0 Å². The number of likely N-dealkylation sites (tertiary alicyclic amines) is 1. The molecule has 1 aromatic rings. The van der Waals surface area contributed by atoms with Crippen molar-refractivity contribution in [2.75, 3.05) is 13.7 Å². The van der Waals surface area contributed by atoms with Crippen LogP contribution in [0.15, 0.2) is 6.07 Å². The average molecular weight is 270 g/mol. The molecule has 2 heterocycles. The summed E-state index contributed by atoms with van der Waals surface area (Å²) in [6.07, 6.45) is 3.40. The molecule has 0 aromatic carbocycles. The van der Waals surface area contributed by atoms with Crippen molar-refractivity contribution in [2.45, 2.75) is 45.2 Å². The van der Waals surface area contributed by atoms with Crippen molar-refractivity contribution < 1.29 is 4.74 Å². The van der Waals surface area contributed by atoms with E-state index in [9.17, 15) is 0 Å². The molecule has 0 amide bonds. The number of methoxy groups -OCH3 is 1. The predicted octanol–water partition coefficient (Wildman–Crippen LogP) is 2.55. The Balaban J connectivity index is 2.07. The van der Waals surface area contributed by atoms with Crippen LogP contribution in [0.2, 0.25) is 5.02 Å². The van der Waals surface area contributed by atoms with E-state index in [1.807, 2.05) is 6.07 Å². The summed E-state index contributed by atoms with van der Waals surface area (Å²) in [5.74, 6) is 0.396. The second-order valence-corrected chi connectivity index (χ2v) is 5.43. The zero-order valence-corrected chi connectivity index (χ0v) is 11.9. The topological polar surface area (TPSA) is 38.3 Å². The number of halogens is 1. The highest BCUT2D eigenvalue weighted by atomic mass is 35.5. The number of rotatable bonds is 4. The smallest absolute Gasteiger partial charge is 0.252 e. The standard InChI is InChI=1S/C13H20ClN3O/c1-9(2)17-6-4-5-11(17)7-10-8-12(14)13(18-3)16-15-10/h8-9,11H,4-7H2,1-3H3. The average Bonchev–Trinajstić information content (AvgIpc) is 2.77. The molecule has 0 N–H and O–H groups in total. The SMILES string of the molecule is COc1nnc(CC2CCCN2C(C)C)cc1Cl. The Kier molecular flexibility index (Phi) is 4.40. The van der Waals surface area contributed by atoms with E-state index in [4.69, 9.17) is 16.3 Å². The molecule has 1 aliphatic rings. The van der Waals surface area contributed by atoms with Crippen LogP contribution in [0, 0.1) is 0 Å². The Morgan fingerprint density at radius 3 is 2.89 bits per heavy atom. The lowest BCUT2D eigenvalue weighted by molar-refractivity contribution is 0.201. The highest BCUT2D eigenvalue weighted by Crippen LogP contribution is 2.25. The molecular weight excluding hydrogens is 250 g/mol. The molecule has 100 valence electrons. The van der Waals surface area contributed by atoms with Crippen LogP contribution in [0.5, 0.6) is 5.88 Å². The summed E-state index contributed by atoms with van der Waals surface area (Å²) in [6, 6.07) is 3.01. The Morgan fingerprint density at radius 2 is 2.28 bits per heavy atom. The molecule has 1 saturated heterocycles. The molecule has 4 nitrogen and oxygen atoms in total. The first-order valence-corrected chi connectivity index (χ1v) is 6.81. The first-order chi connectivity index (χ1) is 8.61. The van der Waals surface area contributed by atoms with Gasteiger partial charge >= 0.3 is 0 Å². The largest absolute Gasteiger partial charge is 0.479 e. The van der Waals surface area contributed by atoms with E-state index in [2.05, 4.69) is 28.9 Å². The molecule has 0 aliphatic carbocycles. The Labute approximate surface area is 113 Å². The van der Waals surface area contributed by atoms with Crippen molar-refractivity contribution in [3.05, 3.63) is 16.8 Å². The van der Waals surface area contributed by atoms with Gasteiger partial charge in [-0.25, -0.2) is 0 Å². The van der Waals surface area contributed by atoms with Gasteiger partial charge in [0.1, 0.15) is 5.02 Å². The molecule has 1 aromatic heterocycles. The number of ether oxygens (including phenoxy) is 1. The number of nitrogens with zero attached hydrogens (tertiary/aromatic N) is 3. The van der Waals surface area contributed by atoms with Crippen molar-refractivity contribution in [3.8, 4) is 5.88 Å². The van der Waals surface area contributed by atoms with Crippen LogP contribution in [0.1, 0.15) is 32.4 Å². The van der Waals surface area contributed by atoms with Crippen molar-refractivity contribution in [1.82, 2.24) is 15.1 Å². The van der Waals surface area contributed by atoms with E-state index >= 15 is 0 Å². The van der Waals surface area contributed by atoms with E-state index in [-0.39, 0.29) is 0 Å².